The van der Waals surface area contributed by atoms with Crippen molar-refractivity contribution in [3.8, 4) is 0 Å². The van der Waals surface area contributed by atoms with Crippen molar-refractivity contribution in [2.24, 2.45) is 5.92 Å². The minimum Gasteiger partial charge on any atom is -0.469 e. The molecule has 1 saturated heterocycles. The van der Waals surface area contributed by atoms with Gasteiger partial charge in [-0.05, 0) is 30.7 Å². The number of ether oxygens (including phenoxy) is 1. The molecule has 2 atom stereocenters. The van der Waals surface area contributed by atoms with Crippen molar-refractivity contribution in [3.63, 3.8) is 0 Å². The third-order valence-electron chi connectivity index (χ3n) is 3.26. The van der Waals surface area contributed by atoms with Crippen LogP contribution in [-0.4, -0.2) is 26.2 Å². The maximum atomic E-state index is 13.2. The smallest absolute Gasteiger partial charge is 0.309 e. The number of methoxy groups -OCH3 is 1. The van der Waals surface area contributed by atoms with E-state index >= 15 is 0 Å². The second kappa shape index (κ2) is 5.27. The number of hydrogen-bond acceptors (Lipinski definition) is 3. The number of nitrogens with one attached hydrogen (secondary N) is 1. The molecule has 17 heavy (non-hydrogen) atoms. The molecule has 3 nitrogen and oxygen atoms in total. The summed E-state index contributed by atoms with van der Waals surface area (Å²) in [5, 5.41) is 3.23. The van der Waals surface area contributed by atoms with Crippen LogP contribution in [0.3, 0.4) is 0 Å². The van der Waals surface area contributed by atoms with Crippen LogP contribution in [0.25, 0.3) is 0 Å². The SMILES string of the molecule is COC(=O)[C@@H]1CCNC[C@@H]1c1cccc(F)c1. The van der Waals surface area contributed by atoms with Gasteiger partial charge in [-0.1, -0.05) is 12.1 Å². The molecule has 0 bridgehead atoms. The van der Waals surface area contributed by atoms with Gasteiger partial charge in [-0.3, -0.25) is 4.79 Å². The fourth-order valence-electron chi connectivity index (χ4n) is 2.38. The van der Waals surface area contributed by atoms with Crippen LogP contribution in [0.1, 0.15) is 17.9 Å². The number of halogens is 1. The average Bonchev–Trinajstić information content (AvgIpc) is 2.38. The van der Waals surface area contributed by atoms with Crippen molar-refractivity contribution in [1.29, 1.82) is 0 Å². The average molecular weight is 237 g/mol. The van der Waals surface area contributed by atoms with Gasteiger partial charge in [0.15, 0.2) is 0 Å². The molecule has 1 heterocycles. The van der Waals surface area contributed by atoms with E-state index in [1.165, 1.54) is 19.2 Å². The summed E-state index contributed by atoms with van der Waals surface area (Å²) in [7, 11) is 1.40. The van der Waals surface area contributed by atoms with E-state index in [0.29, 0.717) is 6.54 Å². The number of rotatable bonds is 2. The summed E-state index contributed by atoms with van der Waals surface area (Å²) in [5.74, 6) is -0.660. The van der Waals surface area contributed by atoms with Crippen LogP contribution < -0.4 is 5.32 Å². The fourth-order valence-corrected chi connectivity index (χ4v) is 2.38. The van der Waals surface area contributed by atoms with Crippen molar-refractivity contribution in [2.45, 2.75) is 12.3 Å². The van der Waals surface area contributed by atoms with Gasteiger partial charge in [0.05, 0.1) is 13.0 Å². The number of hydrogen-bond donors (Lipinski definition) is 1. The molecule has 0 spiro atoms. The highest BCUT2D eigenvalue weighted by Gasteiger charge is 2.32. The molecule has 2 rings (SSSR count). The molecule has 1 aromatic carbocycles. The predicted octanol–water partition coefficient (Wildman–Crippen LogP) is 1.69. The largest absolute Gasteiger partial charge is 0.469 e. The molecular formula is C13H16FNO2. The predicted molar refractivity (Wildman–Crippen MR) is 62.1 cm³/mol. The first-order valence-electron chi connectivity index (χ1n) is 5.76. The van der Waals surface area contributed by atoms with Gasteiger partial charge >= 0.3 is 5.97 Å². The van der Waals surface area contributed by atoms with E-state index in [2.05, 4.69) is 5.32 Å². The molecule has 4 heteroatoms. The van der Waals surface area contributed by atoms with E-state index < -0.39 is 0 Å². The summed E-state index contributed by atoms with van der Waals surface area (Å²) in [6, 6.07) is 6.44. The fraction of sp³-hybridized carbons (Fsp3) is 0.462. The Balaban J connectivity index is 2.24. The lowest BCUT2D eigenvalue weighted by atomic mass is 9.81. The summed E-state index contributed by atoms with van der Waals surface area (Å²) in [5.41, 5.74) is 0.854. The third kappa shape index (κ3) is 2.64. The van der Waals surface area contributed by atoms with Crippen LogP contribution >= 0.6 is 0 Å². The maximum Gasteiger partial charge on any atom is 0.309 e. The van der Waals surface area contributed by atoms with Gasteiger partial charge in [-0.2, -0.15) is 0 Å². The van der Waals surface area contributed by atoms with Crippen molar-refractivity contribution in [2.75, 3.05) is 20.2 Å². The van der Waals surface area contributed by atoms with Gasteiger partial charge in [0.2, 0.25) is 0 Å². The van der Waals surface area contributed by atoms with Crippen molar-refractivity contribution >= 4 is 5.97 Å². The quantitative estimate of drug-likeness (QED) is 0.795. The minimum absolute atomic E-state index is 0.00750. The van der Waals surface area contributed by atoms with E-state index in [-0.39, 0.29) is 23.6 Å². The van der Waals surface area contributed by atoms with Crippen molar-refractivity contribution < 1.29 is 13.9 Å². The summed E-state index contributed by atoms with van der Waals surface area (Å²) >= 11 is 0. The van der Waals surface area contributed by atoms with Gasteiger partial charge in [0.1, 0.15) is 5.82 Å². The molecule has 0 aromatic heterocycles. The molecular weight excluding hydrogens is 221 g/mol. The van der Waals surface area contributed by atoms with E-state index in [1.807, 2.05) is 6.07 Å². The lowest BCUT2D eigenvalue weighted by molar-refractivity contribution is -0.147. The molecule has 0 aliphatic carbocycles. The Morgan fingerprint density at radius 2 is 2.35 bits per heavy atom. The van der Waals surface area contributed by atoms with Crippen LogP contribution in [0.5, 0.6) is 0 Å². The number of benzene rings is 1. The first-order valence-corrected chi connectivity index (χ1v) is 5.76. The zero-order valence-corrected chi connectivity index (χ0v) is 9.78. The molecule has 1 N–H and O–H groups in total. The highest BCUT2D eigenvalue weighted by molar-refractivity contribution is 5.73. The van der Waals surface area contributed by atoms with Gasteiger partial charge in [0.25, 0.3) is 0 Å². The van der Waals surface area contributed by atoms with E-state index in [0.717, 1.165) is 18.5 Å². The molecule has 92 valence electrons. The minimum atomic E-state index is -0.267. The highest BCUT2D eigenvalue weighted by Crippen LogP contribution is 2.30. The first kappa shape index (κ1) is 12.0. The standard InChI is InChI=1S/C13H16FNO2/c1-17-13(16)11-5-6-15-8-12(11)9-3-2-4-10(14)7-9/h2-4,7,11-12,15H,5-6,8H2,1H3/t11-,12-/m1/s1. The molecule has 0 unspecified atom stereocenters. The lowest BCUT2D eigenvalue weighted by Gasteiger charge is -2.30. The maximum absolute atomic E-state index is 13.2. The summed E-state index contributed by atoms with van der Waals surface area (Å²) in [4.78, 5) is 11.7. The van der Waals surface area contributed by atoms with Crippen LogP contribution in [0.4, 0.5) is 4.39 Å². The second-order valence-corrected chi connectivity index (χ2v) is 4.28. The molecule has 1 aliphatic heterocycles. The third-order valence-corrected chi connectivity index (χ3v) is 3.26. The Morgan fingerprint density at radius 3 is 3.06 bits per heavy atom. The number of carbonyl (C=O) groups excluding carboxylic acids is 1. The highest BCUT2D eigenvalue weighted by atomic mass is 19.1. The Morgan fingerprint density at radius 1 is 1.53 bits per heavy atom. The molecule has 0 radical (unpaired) electrons. The van der Waals surface area contributed by atoms with Crippen LogP contribution in [0, 0.1) is 11.7 Å². The van der Waals surface area contributed by atoms with Crippen molar-refractivity contribution in [3.05, 3.63) is 35.6 Å². The summed E-state index contributed by atoms with van der Waals surface area (Å²) in [6.45, 7) is 1.48. The Labute approximate surface area is 100.0 Å². The molecule has 1 fully saturated rings. The van der Waals surface area contributed by atoms with Crippen LogP contribution in [0.2, 0.25) is 0 Å². The normalized spacial score (nSPS) is 24.4. The Kier molecular flexibility index (Phi) is 3.74. The number of piperidine rings is 1. The van der Waals surface area contributed by atoms with Gasteiger partial charge in [0, 0.05) is 12.5 Å². The zero-order chi connectivity index (χ0) is 12.3. The first-order chi connectivity index (χ1) is 8.22. The van der Waals surface area contributed by atoms with Gasteiger partial charge in [-0.25, -0.2) is 4.39 Å². The molecule has 0 saturated carbocycles. The monoisotopic (exact) mass is 237 g/mol. The Hall–Kier alpha value is -1.42. The zero-order valence-electron chi connectivity index (χ0n) is 9.78. The van der Waals surface area contributed by atoms with Crippen LogP contribution in [-0.2, 0) is 9.53 Å². The topological polar surface area (TPSA) is 38.3 Å². The molecule has 1 aromatic rings. The number of esters is 1. The lowest BCUT2D eigenvalue weighted by Crippen LogP contribution is -2.39. The Bertz CT molecular complexity index is 408. The van der Waals surface area contributed by atoms with Crippen LogP contribution in [0.15, 0.2) is 24.3 Å². The molecule has 1 aliphatic rings. The van der Waals surface area contributed by atoms with Gasteiger partial charge in [-0.15, -0.1) is 0 Å². The summed E-state index contributed by atoms with van der Waals surface area (Å²) < 4.78 is 18.0. The second-order valence-electron chi connectivity index (χ2n) is 4.28. The van der Waals surface area contributed by atoms with E-state index in [4.69, 9.17) is 4.74 Å². The summed E-state index contributed by atoms with van der Waals surface area (Å²) in [6.07, 6.45) is 0.730. The van der Waals surface area contributed by atoms with Crippen molar-refractivity contribution in [1.82, 2.24) is 5.32 Å². The van der Waals surface area contributed by atoms with Gasteiger partial charge < -0.3 is 10.1 Å². The number of carbonyl (C=O) groups is 1. The van der Waals surface area contributed by atoms with E-state index in [9.17, 15) is 9.18 Å². The van der Waals surface area contributed by atoms with E-state index in [1.54, 1.807) is 6.07 Å². The molecule has 0 amide bonds.